The maximum absolute atomic E-state index is 9.06. The third-order valence-corrected chi connectivity index (χ3v) is 3.90. The third-order valence-electron chi connectivity index (χ3n) is 3.90. The number of ether oxygens (including phenoxy) is 1. The van der Waals surface area contributed by atoms with Crippen LogP contribution >= 0.6 is 0 Å². The summed E-state index contributed by atoms with van der Waals surface area (Å²) in [6.07, 6.45) is 1.05. The normalized spacial score (nSPS) is 20.6. The van der Waals surface area contributed by atoms with E-state index in [0.29, 0.717) is 19.1 Å². The van der Waals surface area contributed by atoms with Crippen LogP contribution < -0.4 is 9.64 Å². The summed E-state index contributed by atoms with van der Waals surface area (Å²) in [5, 5.41) is 9.06. The molecule has 1 heterocycles. The van der Waals surface area contributed by atoms with Crippen molar-refractivity contribution in [3.05, 3.63) is 23.8 Å². The van der Waals surface area contributed by atoms with Crippen LogP contribution in [0.1, 0.15) is 45.6 Å². The fourth-order valence-electron chi connectivity index (χ4n) is 3.10. The van der Waals surface area contributed by atoms with Gasteiger partial charge in [-0.25, -0.2) is 0 Å². The van der Waals surface area contributed by atoms with Crippen molar-refractivity contribution in [3.63, 3.8) is 0 Å². The number of hydrogen-bond donors (Lipinski definition) is 0. The maximum Gasteiger partial charge on any atom is 0.119 e. The molecule has 0 fully saturated rings. The summed E-state index contributed by atoms with van der Waals surface area (Å²) in [6, 6.07) is 8.50. The molecule has 3 heteroatoms. The highest BCUT2D eigenvalue weighted by atomic mass is 16.5. The van der Waals surface area contributed by atoms with Gasteiger partial charge >= 0.3 is 0 Å². The van der Waals surface area contributed by atoms with E-state index >= 15 is 0 Å². The number of nitrogens with zero attached hydrogens (tertiary/aromatic N) is 2. The van der Waals surface area contributed by atoms with Crippen molar-refractivity contribution in [1.82, 2.24) is 0 Å². The molecule has 0 saturated carbocycles. The zero-order valence-electron chi connectivity index (χ0n) is 12.2. The molecule has 0 aromatic heterocycles. The second-order valence-corrected chi connectivity index (χ2v) is 5.82. The Morgan fingerprint density at radius 1 is 1.47 bits per heavy atom. The SMILES string of the molecule is CCOc1ccc2c(c1)C(C)CC(C)(C)N2CC#N. The molecule has 19 heavy (non-hydrogen) atoms. The zero-order chi connectivity index (χ0) is 14.0. The van der Waals surface area contributed by atoms with Crippen LogP contribution in [0.4, 0.5) is 5.69 Å². The van der Waals surface area contributed by atoms with E-state index in [-0.39, 0.29) is 5.54 Å². The van der Waals surface area contributed by atoms with Crippen LogP contribution in [0.25, 0.3) is 0 Å². The van der Waals surface area contributed by atoms with Gasteiger partial charge in [-0.2, -0.15) is 5.26 Å². The van der Waals surface area contributed by atoms with Crippen molar-refractivity contribution < 1.29 is 4.74 Å². The summed E-state index contributed by atoms with van der Waals surface area (Å²) in [5.41, 5.74) is 2.49. The first-order chi connectivity index (χ1) is 8.99. The van der Waals surface area contributed by atoms with E-state index in [4.69, 9.17) is 10.00 Å². The molecule has 1 aromatic carbocycles. The number of anilines is 1. The van der Waals surface area contributed by atoms with Crippen LogP contribution in [0.15, 0.2) is 18.2 Å². The molecule has 1 aliphatic heterocycles. The summed E-state index contributed by atoms with van der Waals surface area (Å²) >= 11 is 0. The highest BCUT2D eigenvalue weighted by Gasteiger charge is 2.36. The molecule has 0 radical (unpaired) electrons. The van der Waals surface area contributed by atoms with Crippen LogP contribution in [0.5, 0.6) is 5.75 Å². The van der Waals surface area contributed by atoms with Crippen LogP contribution in [0, 0.1) is 11.3 Å². The molecule has 0 bridgehead atoms. The van der Waals surface area contributed by atoms with Gasteiger partial charge in [0, 0.05) is 11.2 Å². The Morgan fingerprint density at radius 3 is 2.84 bits per heavy atom. The Kier molecular flexibility index (Phi) is 3.71. The highest BCUT2D eigenvalue weighted by Crippen LogP contribution is 2.44. The van der Waals surface area contributed by atoms with Gasteiger partial charge in [0.25, 0.3) is 0 Å². The molecule has 102 valence electrons. The maximum atomic E-state index is 9.06. The lowest BCUT2D eigenvalue weighted by Crippen LogP contribution is -2.48. The molecule has 1 unspecified atom stereocenters. The quantitative estimate of drug-likeness (QED) is 0.776. The molecule has 2 rings (SSSR count). The van der Waals surface area contributed by atoms with Gasteiger partial charge in [-0.05, 0) is 56.9 Å². The third kappa shape index (κ3) is 2.53. The van der Waals surface area contributed by atoms with E-state index in [1.165, 1.54) is 11.3 Å². The molecular formula is C16H22N2O. The number of hydrogen-bond acceptors (Lipinski definition) is 3. The molecule has 0 aliphatic carbocycles. The van der Waals surface area contributed by atoms with E-state index in [9.17, 15) is 0 Å². The first-order valence-corrected chi connectivity index (χ1v) is 6.91. The number of benzene rings is 1. The fraction of sp³-hybridized carbons (Fsp3) is 0.562. The van der Waals surface area contributed by atoms with Gasteiger partial charge in [0.1, 0.15) is 12.3 Å². The minimum absolute atomic E-state index is 0.0231. The molecule has 0 amide bonds. The summed E-state index contributed by atoms with van der Waals surface area (Å²) in [7, 11) is 0. The minimum Gasteiger partial charge on any atom is -0.494 e. The number of rotatable bonds is 3. The average Bonchev–Trinajstić information content (AvgIpc) is 2.34. The van der Waals surface area contributed by atoms with Gasteiger partial charge in [0.05, 0.1) is 12.7 Å². The first-order valence-electron chi connectivity index (χ1n) is 6.91. The molecule has 0 N–H and O–H groups in total. The predicted molar refractivity (Wildman–Crippen MR) is 77.7 cm³/mol. The largest absolute Gasteiger partial charge is 0.494 e. The van der Waals surface area contributed by atoms with Crippen LogP contribution in [-0.2, 0) is 0 Å². The van der Waals surface area contributed by atoms with Gasteiger partial charge < -0.3 is 9.64 Å². The monoisotopic (exact) mass is 258 g/mol. The fourth-order valence-corrected chi connectivity index (χ4v) is 3.10. The lowest BCUT2D eigenvalue weighted by molar-refractivity contribution is 0.337. The zero-order valence-corrected chi connectivity index (χ0v) is 12.2. The van der Waals surface area contributed by atoms with Crippen LogP contribution in [0.3, 0.4) is 0 Å². The van der Waals surface area contributed by atoms with E-state index in [1.807, 2.05) is 13.0 Å². The highest BCUT2D eigenvalue weighted by molar-refractivity contribution is 5.62. The van der Waals surface area contributed by atoms with Crippen molar-refractivity contribution in [2.75, 3.05) is 18.1 Å². The Balaban J connectivity index is 2.46. The molecule has 0 spiro atoms. The molecule has 3 nitrogen and oxygen atoms in total. The van der Waals surface area contributed by atoms with Crippen molar-refractivity contribution >= 4 is 5.69 Å². The van der Waals surface area contributed by atoms with Crippen LogP contribution in [0.2, 0.25) is 0 Å². The Bertz CT molecular complexity index is 502. The second-order valence-electron chi connectivity index (χ2n) is 5.82. The molecule has 1 aromatic rings. The van der Waals surface area contributed by atoms with Gasteiger partial charge in [0.2, 0.25) is 0 Å². The van der Waals surface area contributed by atoms with Gasteiger partial charge in [-0.3, -0.25) is 0 Å². The van der Waals surface area contributed by atoms with E-state index in [1.54, 1.807) is 0 Å². The van der Waals surface area contributed by atoms with Crippen molar-refractivity contribution in [3.8, 4) is 11.8 Å². The Labute approximate surface area is 115 Å². The molecule has 0 saturated heterocycles. The Hall–Kier alpha value is -1.69. The lowest BCUT2D eigenvalue weighted by atomic mass is 9.80. The van der Waals surface area contributed by atoms with Crippen molar-refractivity contribution in [1.29, 1.82) is 5.26 Å². The topological polar surface area (TPSA) is 36.3 Å². The minimum atomic E-state index is 0.0231. The summed E-state index contributed by atoms with van der Waals surface area (Å²) in [5.74, 6) is 1.41. The lowest BCUT2D eigenvalue weighted by Gasteiger charge is -2.46. The van der Waals surface area contributed by atoms with Gasteiger partial charge in [-0.15, -0.1) is 0 Å². The molecule has 1 atom stereocenters. The van der Waals surface area contributed by atoms with E-state index in [2.05, 4.69) is 43.9 Å². The Morgan fingerprint density at radius 2 is 2.21 bits per heavy atom. The first kappa shape index (κ1) is 13.7. The molecule has 1 aliphatic rings. The number of nitriles is 1. The standard InChI is InChI=1S/C16H22N2O/c1-5-19-13-6-7-15-14(10-13)12(2)11-16(3,4)18(15)9-8-17/h6-7,10,12H,5,9,11H2,1-4H3. The van der Waals surface area contributed by atoms with E-state index < -0.39 is 0 Å². The molecular weight excluding hydrogens is 236 g/mol. The van der Waals surface area contributed by atoms with Gasteiger partial charge in [0.15, 0.2) is 0 Å². The average molecular weight is 258 g/mol. The summed E-state index contributed by atoms with van der Waals surface area (Å²) < 4.78 is 5.58. The van der Waals surface area contributed by atoms with Crippen LogP contribution in [-0.4, -0.2) is 18.7 Å². The summed E-state index contributed by atoms with van der Waals surface area (Å²) in [4.78, 5) is 2.21. The van der Waals surface area contributed by atoms with Gasteiger partial charge in [-0.1, -0.05) is 6.92 Å². The van der Waals surface area contributed by atoms with E-state index in [0.717, 1.165) is 12.2 Å². The van der Waals surface area contributed by atoms with Crippen molar-refractivity contribution in [2.45, 2.75) is 45.6 Å². The predicted octanol–water partition coefficient (Wildman–Crippen LogP) is 3.70. The number of fused-ring (bicyclic) bond motifs is 1. The smallest absolute Gasteiger partial charge is 0.119 e. The van der Waals surface area contributed by atoms with Crippen molar-refractivity contribution in [2.24, 2.45) is 0 Å². The second kappa shape index (κ2) is 5.13. The summed E-state index contributed by atoms with van der Waals surface area (Å²) in [6.45, 7) is 9.77.